The molecule has 2 amide bonds. The maximum Gasteiger partial charge on any atom is 0.227 e. The summed E-state index contributed by atoms with van der Waals surface area (Å²) < 4.78 is 1.94. The van der Waals surface area contributed by atoms with E-state index in [0.717, 1.165) is 54.8 Å². The first-order valence-electron chi connectivity index (χ1n) is 11.3. The zero-order chi connectivity index (χ0) is 22.7. The number of carbonyl (C=O) groups excluding carboxylic acids is 2. The van der Waals surface area contributed by atoms with Crippen molar-refractivity contribution in [3.8, 4) is 5.82 Å². The van der Waals surface area contributed by atoms with Gasteiger partial charge in [-0.2, -0.15) is 0 Å². The Morgan fingerprint density at radius 3 is 2.50 bits per heavy atom. The highest BCUT2D eigenvalue weighted by atomic mass is 16.2. The number of carbonyl (C=O) groups is 2. The van der Waals surface area contributed by atoms with Crippen LogP contribution in [0.25, 0.3) is 16.7 Å². The molecule has 4 rings (SSSR count). The summed E-state index contributed by atoms with van der Waals surface area (Å²) in [6.45, 7) is 7.05. The molecule has 0 bridgehead atoms. The van der Waals surface area contributed by atoms with E-state index in [0.29, 0.717) is 12.4 Å². The number of nitrogens with zero attached hydrogens (tertiary/aromatic N) is 5. The Bertz CT molecular complexity index is 1100. The van der Waals surface area contributed by atoms with E-state index in [2.05, 4.69) is 15.1 Å². The van der Waals surface area contributed by atoms with Gasteiger partial charge in [0, 0.05) is 37.8 Å². The Hall–Kier alpha value is -3.42. The van der Waals surface area contributed by atoms with Gasteiger partial charge in [0.1, 0.15) is 0 Å². The number of hydrogen-bond donors (Lipinski definition) is 1. The summed E-state index contributed by atoms with van der Waals surface area (Å²) in [7, 11) is 0. The molecule has 1 aliphatic rings. The number of piperidine rings is 1. The third kappa shape index (κ3) is 4.30. The Balaban J connectivity index is 1.56. The van der Waals surface area contributed by atoms with E-state index < -0.39 is 0 Å². The number of benzene rings is 1. The number of primary amides is 1. The van der Waals surface area contributed by atoms with Crippen LogP contribution in [0.15, 0.2) is 42.6 Å². The molecule has 0 spiro atoms. The average Bonchev–Trinajstić information content (AvgIpc) is 3.18. The predicted octanol–water partition coefficient (Wildman–Crippen LogP) is 2.53. The van der Waals surface area contributed by atoms with Crippen molar-refractivity contribution >= 4 is 28.5 Å². The van der Waals surface area contributed by atoms with Crippen LogP contribution in [0, 0.1) is 5.92 Å². The lowest BCUT2D eigenvalue weighted by molar-refractivity contribution is -0.135. The van der Waals surface area contributed by atoms with Crippen molar-refractivity contribution in [3.05, 3.63) is 48.2 Å². The van der Waals surface area contributed by atoms with Gasteiger partial charge in [0.05, 0.1) is 17.9 Å². The molecule has 32 heavy (non-hydrogen) atoms. The average molecular weight is 435 g/mol. The molecule has 3 heterocycles. The fourth-order valence-corrected chi connectivity index (χ4v) is 4.56. The Kier molecular flexibility index (Phi) is 6.39. The molecule has 1 fully saturated rings. The van der Waals surface area contributed by atoms with Crippen molar-refractivity contribution in [1.82, 2.24) is 19.7 Å². The van der Waals surface area contributed by atoms with Crippen LogP contribution >= 0.6 is 0 Å². The van der Waals surface area contributed by atoms with Crippen molar-refractivity contribution in [2.24, 2.45) is 11.7 Å². The first-order chi connectivity index (χ1) is 15.5. The summed E-state index contributed by atoms with van der Waals surface area (Å²) in [6.07, 6.45) is 3.95. The molecule has 1 atom stereocenters. The summed E-state index contributed by atoms with van der Waals surface area (Å²) in [5, 5.41) is 9.91. The molecule has 0 saturated carbocycles. The Morgan fingerprint density at radius 2 is 1.81 bits per heavy atom. The zero-order valence-electron chi connectivity index (χ0n) is 18.7. The van der Waals surface area contributed by atoms with Gasteiger partial charge in [-0.25, -0.2) is 0 Å². The highest BCUT2D eigenvalue weighted by molar-refractivity contribution is 5.89. The van der Waals surface area contributed by atoms with Gasteiger partial charge in [0.15, 0.2) is 11.6 Å². The van der Waals surface area contributed by atoms with E-state index in [1.807, 2.05) is 65.9 Å². The third-order valence-electron chi connectivity index (χ3n) is 6.21. The molecule has 8 heteroatoms. The summed E-state index contributed by atoms with van der Waals surface area (Å²) in [4.78, 5) is 28.3. The van der Waals surface area contributed by atoms with Gasteiger partial charge < -0.3 is 15.5 Å². The molecule has 3 aromatic rings. The summed E-state index contributed by atoms with van der Waals surface area (Å²) in [5.74, 6) is 1.31. The van der Waals surface area contributed by atoms with Crippen LogP contribution < -0.4 is 10.6 Å². The minimum absolute atomic E-state index is 0.00474. The molecule has 8 nitrogen and oxygen atoms in total. The van der Waals surface area contributed by atoms with E-state index in [1.165, 1.54) is 0 Å². The monoisotopic (exact) mass is 434 g/mol. The molecule has 2 N–H and O–H groups in total. The van der Waals surface area contributed by atoms with Crippen molar-refractivity contribution in [3.63, 3.8) is 0 Å². The summed E-state index contributed by atoms with van der Waals surface area (Å²) in [6, 6.07) is 11.7. The third-order valence-corrected chi connectivity index (χ3v) is 6.21. The largest absolute Gasteiger partial charge is 0.369 e. The second-order valence-electron chi connectivity index (χ2n) is 8.23. The maximum atomic E-state index is 12.8. The van der Waals surface area contributed by atoms with E-state index in [9.17, 15) is 9.59 Å². The fraction of sp³-hybridized carbons (Fsp3) is 0.417. The lowest BCUT2D eigenvalue weighted by Gasteiger charge is -2.34. The second kappa shape index (κ2) is 9.38. The minimum Gasteiger partial charge on any atom is -0.369 e. The number of nitrogens with two attached hydrogens (primary N) is 1. The molecule has 1 unspecified atom stereocenters. The van der Waals surface area contributed by atoms with Crippen LogP contribution in [-0.2, 0) is 16.0 Å². The van der Waals surface area contributed by atoms with Crippen LogP contribution in [0.3, 0.4) is 0 Å². The SMILES string of the molecule is CCN(CC)C(=O)C1CCCN(c2ccc(-n3cc(CC(N)=O)c4ccccc43)nn2)C1. The van der Waals surface area contributed by atoms with Crippen molar-refractivity contribution in [2.75, 3.05) is 31.1 Å². The van der Waals surface area contributed by atoms with Crippen LogP contribution in [0.1, 0.15) is 32.3 Å². The highest BCUT2D eigenvalue weighted by Gasteiger charge is 2.29. The first-order valence-corrected chi connectivity index (χ1v) is 11.3. The van der Waals surface area contributed by atoms with Crippen LogP contribution in [0.2, 0.25) is 0 Å². The smallest absolute Gasteiger partial charge is 0.227 e. The molecule has 168 valence electrons. The molecule has 1 saturated heterocycles. The van der Waals surface area contributed by atoms with E-state index in [1.54, 1.807) is 0 Å². The number of fused-ring (bicyclic) bond motifs is 1. The van der Waals surface area contributed by atoms with Gasteiger partial charge in [0.25, 0.3) is 0 Å². The van der Waals surface area contributed by atoms with Crippen LogP contribution in [0.5, 0.6) is 0 Å². The quantitative estimate of drug-likeness (QED) is 0.616. The standard InChI is InChI=1S/C24H30N6O2/c1-3-28(4-2)24(32)17-8-7-13-29(15-17)22-11-12-23(27-26-22)30-16-18(14-21(25)31)19-9-5-6-10-20(19)30/h5-6,9-12,16-17H,3-4,7-8,13-15H2,1-2H3,(H2,25,31). The summed E-state index contributed by atoms with van der Waals surface area (Å²) in [5.41, 5.74) is 7.25. The van der Waals surface area contributed by atoms with Crippen molar-refractivity contribution < 1.29 is 9.59 Å². The van der Waals surface area contributed by atoms with Gasteiger partial charge >= 0.3 is 0 Å². The number of para-hydroxylation sites is 1. The van der Waals surface area contributed by atoms with E-state index in [-0.39, 0.29) is 24.2 Å². The lowest BCUT2D eigenvalue weighted by atomic mass is 9.96. The van der Waals surface area contributed by atoms with Crippen LogP contribution in [0.4, 0.5) is 5.82 Å². The molecule has 1 aliphatic heterocycles. The van der Waals surface area contributed by atoms with Gasteiger partial charge in [-0.15, -0.1) is 10.2 Å². The van der Waals surface area contributed by atoms with Gasteiger partial charge in [-0.1, -0.05) is 18.2 Å². The predicted molar refractivity (Wildman–Crippen MR) is 125 cm³/mol. The molecule has 0 radical (unpaired) electrons. The molecule has 2 aromatic heterocycles. The van der Waals surface area contributed by atoms with Crippen molar-refractivity contribution in [1.29, 1.82) is 0 Å². The topological polar surface area (TPSA) is 97.3 Å². The lowest BCUT2D eigenvalue weighted by Crippen LogP contribution is -2.45. The number of hydrogen-bond acceptors (Lipinski definition) is 5. The highest BCUT2D eigenvalue weighted by Crippen LogP contribution is 2.26. The maximum absolute atomic E-state index is 12.8. The van der Waals surface area contributed by atoms with Gasteiger partial charge in [0.2, 0.25) is 11.8 Å². The van der Waals surface area contributed by atoms with Crippen molar-refractivity contribution in [2.45, 2.75) is 33.1 Å². The van der Waals surface area contributed by atoms with Gasteiger partial charge in [-0.3, -0.25) is 14.2 Å². The molecule has 0 aliphatic carbocycles. The zero-order valence-corrected chi connectivity index (χ0v) is 18.7. The number of amides is 2. The number of aromatic nitrogens is 3. The minimum atomic E-state index is -0.367. The van der Waals surface area contributed by atoms with Gasteiger partial charge in [-0.05, 0) is 50.5 Å². The first kappa shape index (κ1) is 21.8. The number of rotatable bonds is 7. The summed E-state index contributed by atoms with van der Waals surface area (Å²) >= 11 is 0. The van der Waals surface area contributed by atoms with Crippen LogP contribution in [-0.4, -0.2) is 57.7 Å². The van der Waals surface area contributed by atoms with E-state index in [4.69, 9.17) is 5.73 Å². The molecule has 1 aromatic carbocycles. The Labute approximate surface area is 188 Å². The molecular weight excluding hydrogens is 404 g/mol. The normalized spacial score (nSPS) is 16.3. The fourth-order valence-electron chi connectivity index (χ4n) is 4.56. The Morgan fingerprint density at radius 1 is 1.09 bits per heavy atom. The second-order valence-corrected chi connectivity index (χ2v) is 8.23. The molecular formula is C24H30N6O2. The van der Waals surface area contributed by atoms with E-state index >= 15 is 0 Å². The number of anilines is 1.